The van der Waals surface area contributed by atoms with Gasteiger partial charge in [-0.15, -0.1) is 0 Å². The van der Waals surface area contributed by atoms with Crippen LogP contribution in [0.4, 0.5) is 4.39 Å². The van der Waals surface area contributed by atoms with Crippen LogP contribution in [0.3, 0.4) is 0 Å². The van der Waals surface area contributed by atoms with E-state index in [0.29, 0.717) is 13.1 Å². The van der Waals surface area contributed by atoms with Crippen molar-refractivity contribution in [1.82, 2.24) is 4.90 Å². The molecule has 0 fully saturated rings. The van der Waals surface area contributed by atoms with Crippen LogP contribution in [0.1, 0.15) is 6.92 Å². The van der Waals surface area contributed by atoms with Crippen molar-refractivity contribution < 1.29 is 28.1 Å². The number of aliphatic hydroxyl groups is 1. The van der Waals surface area contributed by atoms with E-state index in [9.17, 15) is 4.39 Å². The summed E-state index contributed by atoms with van der Waals surface area (Å²) in [7, 11) is 1.91. The quantitative estimate of drug-likeness (QED) is 0.691. The molecule has 1 heterocycles. The largest absolute Gasteiger partial charge is 0.395 e. The summed E-state index contributed by atoms with van der Waals surface area (Å²) in [4.78, 5) is 1.99. The fourth-order valence-electron chi connectivity index (χ4n) is 1.34. The second-order valence-electron chi connectivity index (χ2n) is 3.47. The molecule has 69 valence electrons. The number of aliphatic hydroxyl groups excluding tert-OH is 1. The minimum Gasteiger partial charge on any atom is -0.395 e. The minimum atomic E-state index is -0.674. The molecule has 0 saturated carbocycles. The normalized spacial score (nSPS) is 30.8. The topological polar surface area (TPSA) is 23.5 Å². The van der Waals surface area contributed by atoms with Crippen molar-refractivity contribution in [2.75, 3.05) is 26.7 Å². The van der Waals surface area contributed by atoms with E-state index < -0.39 is 5.41 Å². The van der Waals surface area contributed by atoms with Crippen molar-refractivity contribution in [2.24, 2.45) is 5.41 Å². The van der Waals surface area contributed by atoms with Crippen LogP contribution in [0.25, 0.3) is 0 Å². The number of rotatable bonds is 1. The molecular weight excluding hydrogens is 196 g/mol. The van der Waals surface area contributed by atoms with Gasteiger partial charge >= 0.3 is 0 Å². The van der Waals surface area contributed by atoms with Gasteiger partial charge in [-0.05, 0) is 20.0 Å². The number of nitrogens with zero attached hydrogens (tertiary/aromatic N) is 1. The van der Waals surface area contributed by atoms with E-state index in [1.165, 1.54) is 6.08 Å². The van der Waals surface area contributed by atoms with Crippen LogP contribution in [0.2, 0.25) is 0 Å². The molecule has 1 radical (unpaired) electrons. The zero-order chi connectivity index (χ0) is 8.48. The van der Waals surface area contributed by atoms with Gasteiger partial charge < -0.3 is 10.0 Å². The van der Waals surface area contributed by atoms with Crippen molar-refractivity contribution in [3.63, 3.8) is 0 Å². The summed E-state index contributed by atoms with van der Waals surface area (Å²) in [5.41, 5.74) is -0.674. The summed E-state index contributed by atoms with van der Waals surface area (Å²) < 4.78 is 13.1. The van der Waals surface area contributed by atoms with Crippen molar-refractivity contribution in [1.29, 1.82) is 0 Å². The van der Waals surface area contributed by atoms with Crippen LogP contribution in [0.15, 0.2) is 11.9 Å². The average Bonchev–Trinajstić information content (AvgIpc) is 1.98. The Morgan fingerprint density at radius 3 is 2.75 bits per heavy atom. The second kappa shape index (κ2) is 4.42. The molecule has 2 nitrogen and oxygen atoms in total. The third-order valence-electron chi connectivity index (χ3n) is 2.13. The molecule has 0 bridgehead atoms. The molecule has 1 atom stereocenters. The molecule has 0 aromatic heterocycles. The van der Waals surface area contributed by atoms with E-state index in [4.69, 9.17) is 5.11 Å². The predicted molar refractivity (Wildman–Crippen MR) is 41.9 cm³/mol. The van der Waals surface area contributed by atoms with Gasteiger partial charge in [0.2, 0.25) is 0 Å². The zero-order valence-electron chi connectivity index (χ0n) is 7.42. The molecule has 0 aliphatic carbocycles. The molecule has 4 heteroatoms. The fourth-order valence-corrected chi connectivity index (χ4v) is 1.34. The second-order valence-corrected chi connectivity index (χ2v) is 3.47. The van der Waals surface area contributed by atoms with Gasteiger partial charge in [0, 0.05) is 31.6 Å². The Kier molecular flexibility index (Phi) is 4.49. The Balaban J connectivity index is 0.00000121. The molecule has 0 saturated heterocycles. The van der Waals surface area contributed by atoms with Gasteiger partial charge in [0.25, 0.3) is 0 Å². The summed E-state index contributed by atoms with van der Waals surface area (Å²) in [6, 6.07) is 0. The van der Waals surface area contributed by atoms with Gasteiger partial charge in [-0.25, -0.2) is 4.39 Å². The molecular formula is C8H14FNOV. The summed E-state index contributed by atoms with van der Waals surface area (Å²) in [5, 5.41) is 8.93. The molecule has 0 amide bonds. The van der Waals surface area contributed by atoms with Crippen molar-refractivity contribution in [2.45, 2.75) is 6.92 Å². The Bertz CT molecular complexity index is 186. The first-order valence-electron chi connectivity index (χ1n) is 3.74. The molecule has 1 unspecified atom stereocenters. The Morgan fingerprint density at radius 2 is 2.33 bits per heavy atom. The molecule has 1 rings (SSSR count). The Morgan fingerprint density at radius 1 is 1.75 bits per heavy atom. The number of halogens is 1. The van der Waals surface area contributed by atoms with Crippen molar-refractivity contribution >= 4 is 0 Å². The first kappa shape index (κ1) is 12.2. The molecule has 1 aliphatic rings. The van der Waals surface area contributed by atoms with Crippen molar-refractivity contribution in [3.05, 3.63) is 11.9 Å². The van der Waals surface area contributed by atoms with Gasteiger partial charge in [0.1, 0.15) is 5.83 Å². The third kappa shape index (κ3) is 2.33. The van der Waals surface area contributed by atoms with Gasteiger partial charge in [0.15, 0.2) is 0 Å². The van der Waals surface area contributed by atoms with Gasteiger partial charge in [0.05, 0.1) is 12.0 Å². The van der Waals surface area contributed by atoms with Crippen molar-refractivity contribution in [3.8, 4) is 0 Å². The van der Waals surface area contributed by atoms with Gasteiger partial charge in [-0.1, -0.05) is 0 Å². The predicted octanol–water partition coefficient (Wildman–Crippen LogP) is 0.781. The molecule has 12 heavy (non-hydrogen) atoms. The van der Waals surface area contributed by atoms with Crippen LogP contribution in [0, 0.1) is 5.41 Å². The summed E-state index contributed by atoms with van der Waals surface area (Å²) in [6.07, 6.45) is 1.53. The van der Waals surface area contributed by atoms with E-state index >= 15 is 0 Å². The molecule has 0 spiro atoms. The number of hydrogen-bond acceptors (Lipinski definition) is 2. The van der Waals surface area contributed by atoms with E-state index in [-0.39, 0.29) is 31.0 Å². The van der Waals surface area contributed by atoms with Crippen LogP contribution in [0.5, 0.6) is 0 Å². The SMILES string of the molecule is CN1CC=C(F)C(C)(CO)C1.[V]. The average molecular weight is 210 g/mol. The van der Waals surface area contributed by atoms with Crippen LogP contribution in [-0.2, 0) is 18.6 Å². The maximum absolute atomic E-state index is 13.1. The number of hydrogen-bond donors (Lipinski definition) is 1. The van der Waals surface area contributed by atoms with E-state index in [1.807, 2.05) is 11.9 Å². The Hall–Kier alpha value is 0.174. The van der Waals surface area contributed by atoms with E-state index in [1.54, 1.807) is 6.92 Å². The zero-order valence-corrected chi connectivity index (χ0v) is 8.81. The smallest absolute Gasteiger partial charge is 0.107 e. The van der Waals surface area contributed by atoms with Gasteiger partial charge in [-0.3, -0.25) is 0 Å². The summed E-state index contributed by atoms with van der Waals surface area (Å²) in [5.74, 6) is -0.182. The summed E-state index contributed by atoms with van der Waals surface area (Å²) in [6.45, 7) is 2.83. The van der Waals surface area contributed by atoms with Crippen LogP contribution in [-0.4, -0.2) is 36.8 Å². The molecule has 1 aliphatic heterocycles. The molecule has 0 aromatic carbocycles. The Labute approximate surface area is 84.3 Å². The van der Waals surface area contributed by atoms with E-state index in [2.05, 4.69) is 0 Å². The van der Waals surface area contributed by atoms with E-state index in [0.717, 1.165) is 0 Å². The fraction of sp³-hybridized carbons (Fsp3) is 0.750. The van der Waals surface area contributed by atoms with Gasteiger partial charge in [-0.2, -0.15) is 0 Å². The maximum atomic E-state index is 13.1. The van der Waals surface area contributed by atoms with Crippen LogP contribution >= 0.6 is 0 Å². The van der Waals surface area contributed by atoms with Crippen LogP contribution < -0.4 is 0 Å². The maximum Gasteiger partial charge on any atom is 0.107 e. The first-order valence-corrected chi connectivity index (χ1v) is 3.74. The standard InChI is InChI=1S/C8H14FNO.V/c1-8(6-11)5-10(2)4-3-7(8)9;/h3,11H,4-6H2,1-2H3;. The molecule has 0 aromatic rings. The summed E-state index contributed by atoms with van der Waals surface area (Å²) >= 11 is 0. The minimum absolute atomic E-state index is 0. The monoisotopic (exact) mass is 210 g/mol. The first-order chi connectivity index (χ1) is 5.08. The molecule has 1 N–H and O–H groups in total. The third-order valence-corrected chi connectivity index (χ3v) is 2.13. The number of likely N-dealkylation sites (N-methyl/N-ethyl adjacent to an activating group) is 1.